The largest absolute Gasteiger partial charge is 0.459 e. The molecule has 1 amide bonds. The van der Waals surface area contributed by atoms with Gasteiger partial charge in [-0.05, 0) is 49.4 Å². The highest BCUT2D eigenvalue weighted by Gasteiger charge is 2.12. The molecule has 1 aromatic carbocycles. The average molecular weight is 346 g/mol. The number of thioether (sulfide) groups is 1. The molecule has 0 bridgehead atoms. The maximum atomic E-state index is 12.3. The predicted octanol–water partition coefficient (Wildman–Crippen LogP) is 4.02. The number of benzene rings is 1. The fourth-order valence-corrected chi connectivity index (χ4v) is 4.01. The van der Waals surface area contributed by atoms with Crippen LogP contribution in [0.4, 0.5) is 0 Å². The van der Waals surface area contributed by atoms with Gasteiger partial charge in [0.05, 0.1) is 16.5 Å². The van der Waals surface area contributed by atoms with E-state index in [9.17, 15) is 4.79 Å². The molecule has 4 nitrogen and oxygen atoms in total. The van der Waals surface area contributed by atoms with Gasteiger partial charge in [-0.1, -0.05) is 17.4 Å². The Kier molecular flexibility index (Phi) is 4.73. The lowest BCUT2D eigenvalue weighted by molar-refractivity contribution is 0.0971. The molecule has 0 saturated carbocycles. The number of amides is 1. The van der Waals surface area contributed by atoms with Crippen molar-refractivity contribution in [3.05, 3.63) is 52.2 Å². The number of carbonyl (C=O) groups is 1. The zero-order chi connectivity index (χ0) is 16.4. The summed E-state index contributed by atoms with van der Waals surface area (Å²) in [5.41, 5.74) is 3.58. The van der Waals surface area contributed by atoms with Gasteiger partial charge in [0.1, 0.15) is 0 Å². The van der Waals surface area contributed by atoms with Crippen molar-refractivity contribution in [3.8, 4) is 0 Å². The van der Waals surface area contributed by atoms with Crippen molar-refractivity contribution in [2.75, 3.05) is 12.0 Å². The molecule has 3 aromatic rings. The second-order valence-corrected chi connectivity index (χ2v) is 7.32. The second-order valence-electron chi connectivity index (χ2n) is 5.35. The lowest BCUT2D eigenvalue weighted by atomic mass is 10.1. The number of aryl methyl sites for hydroxylation is 3. The van der Waals surface area contributed by atoms with Crippen LogP contribution in [0.5, 0.6) is 0 Å². The SMILES string of the molecule is CSCCn1c(=NC(=O)c2ccco2)sc2c(C)cc(C)cc21. The first-order chi connectivity index (χ1) is 11.1. The van der Waals surface area contributed by atoms with E-state index in [0.29, 0.717) is 0 Å². The number of aromatic nitrogens is 1. The Morgan fingerprint density at radius 1 is 1.39 bits per heavy atom. The number of hydrogen-bond acceptors (Lipinski definition) is 4. The standard InChI is InChI=1S/C17H18N2O2S2/c1-11-9-12(2)15-13(10-11)19(6-8-22-3)17(23-15)18-16(20)14-5-4-7-21-14/h4-5,7,9-10H,6,8H2,1-3H3. The van der Waals surface area contributed by atoms with E-state index in [0.717, 1.165) is 22.6 Å². The summed E-state index contributed by atoms with van der Waals surface area (Å²) >= 11 is 3.34. The van der Waals surface area contributed by atoms with Gasteiger partial charge < -0.3 is 8.98 Å². The van der Waals surface area contributed by atoms with Crippen LogP contribution in [-0.4, -0.2) is 22.5 Å². The zero-order valence-electron chi connectivity index (χ0n) is 13.3. The normalized spacial score (nSPS) is 12.2. The lowest BCUT2D eigenvalue weighted by Crippen LogP contribution is -2.18. The summed E-state index contributed by atoms with van der Waals surface area (Å²) in [5, 5.41) is 0. The van der Waals surface area contributed by atoms with Crippen LogP contribution < -0.4 is 4.80 Å². The Morgan fingerprint density at radius 2 is 2.22 bits per heavy atom. The van der Waals surface area contributed by atoms with Crippen LogP contribution in [0.3, 0.4) is 0 Å². The highest BCUT2D eigenvalue weighted by atomic mass is 32.2. The van der Waals surface area contributed by atoms with Crippen LogP contribution in [0.2, 0.25) is 0 Å². The predicted molar refractivity (Wildman–Crippen MR) is 96.3 cm³/mol. The highest BCUT2D eigenvalue weighted by Crippen LogP contribution is 2.23. The van der Waals surface area contributed by atoms with E-state index >= 15 is 0 Å². The summed E-state index contributed by atoms with van der Waals surface area (Å²) in [5.74, 6) is 0.904. The van der Waals surface area contributed by atoms with Crippen LogP contribution in [0.1, 0.15) is 21.7 Å². The first kappa shape index (κ1) is 16.1. The third kappa shape index (κ3) is 3.28. The van der Waals surface area contributed by atoms with Crippen LogP contribution in [0.15, 0.2) is 39.9 Å². The molecule has 0 aliphatic carbocycles. The monoisotopic (exact) mass is 346 g/mol. The molecular formula is C17H18N2O2S2. The Bertz CT molecular complexity index is 905. The molecule has 0 spiro atoms. The van der Waals surface area contributed by atoms with Crippen molar-refractivity contribution in [3.63, 3.8) is 0 Å². The number of carbonyl (C=O) groups excluding carboxylic acids is 1. The topological polar surface area (TPSA) is 47.5 Å². The van der Waals surface area contributed by atoms with E-state index in [1.54, 1.807) is 35.2 Å². The molecule has 2 aromatic heterocycles. The van der Waals surface area contributed by atoms with Gasteiger partial charge >= 0.3 is 5.91 Å². The summed E-state index contributed by atoms with van der Waals surface area (Å²) in [6, 6.07) is 7.66. The molecule has 3 rings (SSSR count). The summed E-state index contributed by atoms with van der Waals surface area (Å²) in [6.45, 7) is 5.02. The molecule has 0 fully saturated rings. The van der Waals surface area contributed by atoms with Crippen molar-refractivity contribution >= 4 is 39.2 Å². The van der Waals surface area contributed by atoms with E-state index in [2.05, 4.69) is 41.8 Å². The van der Waals surface area contributed by atoms with Gasteiger partial charge in [-0.3, -0.25) is 4.79 Å². The number of furan rings is 1. The Balaban J connectivity index is 2.18. The zero-order valence-corrected chi connectivity index (χ0v) is 15.0. The number of fused-ring (bicyclic) bond motifs is 1. The molecular weight excluding hydrogens is 328 g/mol. The molecule has 0 aliphatic heterocycles. The number of thiazole rings is 1. The molecule has 0 unspecified atom stereocenters. The molecule has 120 valence electrons. The Morgan fingerprint density at radius 3 is 2.91 bits per heavy atom. The third-order valence-corrected chi connectivity index (χ3v) is 5.38. The van der Waals surface area contributed by atoms with Gasteiger partial charge in [-0.2, -0.15) is 16.8 Å². The lowest BCUT2D eigenvalue weighted by Gasteiger charge is -2.05. The van der Waals surface area contributed by atoms with Gasteiger partial charge in [-0.15, -0.1) is 0 Å². The minimum absolute atomic E-state index is 0.270. The van der Waals surface area contributed by atoms with Crippen molar-refractivity contribution < 1.29 is 9.21 Å². The summed E-state index contributed by atoms with van der Waals surface area (Å²) in [6.07, 6.45) is 3.57. The van der Waals surface area contributed by atoms with E-state index < -0.39 is 0 Å². The Labute approximate surface area is 142 Å². The van der Waals surface area contributed by atoms with E-state index in [1.165, 1.54) is 22.1 Å². The quantitative estimate of drug-likeness (QED) is 0.717. The van der Waals surface area contributed by atoms with E-state index in [-0.39, 0.29) is 11.7 Å². The van der Waals surface area contributed by atoms with Crippen molar-refractivity contribution in [2.45, 2.75) is 20.4 Å². The third-order valence-electron chi connectivity index (χ3n) is 3.56. The molecule has 0 aliphatic rings. The second kappa shape index (κ2) is 6.76. The molecule has 6 heteroatoms. The minimum atomic E-state index is -0.339. The maximum Gasteiger partial charge on any atom is 0.315 e. The smallest absolute Gasteiger partial charge is 0.315 e. The summed E-state index contributed by atoms with van der Waals surface area (Å²) in [4.78, 5) is 17.3. The molecule has 23 heavy (non-hydrogen) atoms. The van der Waals surface area contributed by atoms with Crippen molar-refractivity contribution in [1.82, 2.24) is 4.57 Å². The molecule has 0 N–H and O–H groups in total. The first-order valence-electron chi connectivity index (χ1n) is 7.32. The van der Waals surface area contributed by atoms with E-state index in [4.69, 9.17) is 4.42 Å². The highest BCUT2D eigenvalue weighted by molar-refractivity contribution is 7.98. The van der Waals surface area contributed by atoms with Crippen LogP contribution in [0, 0.1) is 13.8 Å². The molecule has 0 radical (unpaired) electrons. The van der Waals surface area contributed by atoms with Crippen molar-refractivity contribution in [1.29, 1.82) is 0 Å². The van der Waals surface area contributed by atoms with Gasteiger partial charge in [-0.25, -0.2) is 0 Å². The first-order valence-corrected chi connectivity index (χ1v) is 9.53. The minimum Gasteiger partial charge on any atom is -0.459 e. The number of rotatable bonds is 4. The van der Waals surface area contributed by atoms with Gasteiger partial charge in [0.25, 0.3) is 0 Å². The van der Waals surface area contributed by atoms with Crippen LogP contribution in [-0.2, 0) is 6.54 Å². The number of nitrogens with zero attached hydrogens (tertiary/aromatic N) is 2. The van der Waals surface area contributed by atoms with Gasteiger partial charge in [0, 0.05) is 12.3 Å². The maximum absolute atomic E-state index is 12.3. The fourth-order valence-electron chi connectivity index (χ4n) is 2.54. The van der Waals surface area contributed by atoms with Crippen LogP contribution >= 0.6 is 23.1 Å². The Hall–Kier alpha value is -1.79. The average Bonchev–Trinajstić information content (AvgIpc) is 3.14. The van der Waals surface area contributed by atoms with E-state index in [1.807, 2.05) is 0 Å². The number of hydrogen-bond donors (Lipinski definition) is 0. The van der Waals surface area contributed by atoms with Gasteiger partial charge in [0.2, 0.25) is 0 Å². The molecule has 0 atom stereocenters. The molecule has 2 heterocycles. The van der Waals surface area contributed by atoms with Gasteiger partial charge in [0.15, 0.2) is 10.6 Å². The summed E-state index contributed by atoms with van der Waals surface area (Å²) < 4.78 is 8.47. The van der Waals surface area contributed by atoms with Crippen molar-refractivity contribution in [2.24, 2.45) is 4.99 Å². The fraction of sp³-hybridized carbons (Fsp3) is 0.294. The summed E-state index contributed by atoms with van der Waals surface area (Å²) in [7, 11) is 0. The van der Waals surface area contributed by atoms with Crippen LogP contribution in [0.25, 0.3) is 10.2 Å². The molecule has 0 saturated heterocycles.